The van der Waals surface area contributed by atoms with Crippen LogP contribution >= 0.6 is 0 Å². The minimum Gasteiger partial charge on any atom is -0.497 e. The summed E-state index contributed by atoms with van der Waals surface area (Å²) in [7, 11) is -2.76. The number of nitrogens with zero attached hydrogens (tertiary/aromatic N) is 2. The Labute approximate surface area is 122 Å². The number of methoxy groups -OCH3 is 1. The van der Waals surface area contributed by atoms with Gasteiger partial charge < -0.3 is 10.1 Å². The summed E-state index contributed by atoms with van der Waals surface area (Å²) >= 11 is 0. The largest absolute Gasteiger partial charge is 0.497 e. The van der Waals surface area contributed by atoms with Gasteiger partial charge in [0.1, 0.15) is 11.6 Å². The van der Waals surface area contributed by atoms with Crippen molar-refractivity contribution in [3.05, 3.63) is 42.1 Å². The molecule has 0 radical (unpaired) electrons. The number of nitrogens with one attached hydrogen (secondary N) is 2. The van der Waals surface area contributed by atoms with Crippen LogP contribution in [-0.4, -0.2) is 30.0 Å². The van der Waals surface area contributed by atoms with Crippen LogP contribution in [0.15, 0.2) is 36.5 Å². The molecule has 1 aromatic carbocycles. The molecule has 8 nitrogen and oxygen atoms in total. The van der Waals surface area contributed by atoms with Gasteiger partial charge in [-0.25, -0.2) is 9.71 Å². The molecule has 0 bridgehead atoms. The average Bonchev–Trinajstić information content (AvgIpc) is 2.44. The van der Waals surface area contributed by atoms with Crippen LogP contribution < -0.4 is 14.8 Å². The Hall–Kier alpha value is -2.39. The maximum absolute atomic E-state index is 10.7. The van der Waals surface area contributed by atoms with E-state index in [1.54, 1.807) is 7.11 Å². The molecule has 0 aliphatic carbocycles. The fourth-order valence-corrected chi connectivity index (χ4v) is 1.94. The van der Waals surface area contributed by atoms with Crippen molar-refractivity contribution in [3.8, 4) is 5.75 Å². The molecule has 0 aliphatic rings. The number of ether oxygens (including phenoxy) is 1. The van der Waals surface area contributed by atoms with Gasteiger partial charge in [0.25, 0.3) is 0 Å². The molecule has 0 saturated heterocycles. The lowest BCUT2D eigenvalue weighted by atomic mass is 10.2. The summed E-state index contributed by atoms with van der Waals surface area (Å²) in [6.45, 7) is 0.458. The van der Waals surface area contributed by atoms with Crippen molar-refractivity contribution in [1.82, 2.24) is 9.97 Å². The molecule has 1 heterocycles. The van der Waals surface area contributed by atoms with Gasteiger partial charge in [-0.3, -0.25) is 4.55 Å². The zero-order valence-electron chi connectivity index (χ0n) is 11.1. The summed E-state index contributed by atoms with van der Waals surface area (Å²) in [6, 6.07) is 8.74. The van der Waals surface area contributed by atoms with Gasteiger partial charge in [-0.05, 0) is 17.7 Å². The van der Waals surface area contributed by atoms with Gasteiger partial charge in [0, 0.05) is 18.8 Å². The number of benzene rings is 1. The van der Waals surface area contributed by atoms with Gasteiger partial charge in [0.2, 0.25) is 5.95 Å². The van der Waals surface area contributed by atoms with Gasteiger partial charge in [0.15, 0.2) is 0 Å². The van der Waals surface area contributed by atoms with Crippen molar-refractivity contribution in [1.29, 1.82) is 0 Å². The number of anilines is 2. The van der Waals surface area contributed by atoms with Crippen LogP contribution in [0.3, 0.4) is 0 Å². The lowest BCUT2D eigenvalue weighted by Gasteiger charge is -2.07. The van der Waals surface area contributed by atoms with Gasteiger partial charge in [-0.1, -0.05) is 12.1 Å². The first-order valence-electron chi connectivity index (χ1n) is 5.91. The Morgan fingerprint density at radius 2 is 1.95 bits per heavy atom. The van der Waals surface area contributed by atoms with E-state index < -0.39 is 10.3 Å². The predicted octanol–water partition coefficient (Wildman–Crippen LogP) is 1.31. The summed E-state index contributed by atoms with van der Waals surface area (Å²) in [5, 5.41) is 2.95. The van der Waals surface area contributed by atoms with Gasteiger partial charge >= 0.3 is 10.3 Å². The Morgan fingerprint density at radius 1 is 1.24 bits per heavy atom. The molecule has 0 saturated carbocycles. The summed E-state index contributed by atoms with van der Waals surface area (Å²) in [5.41, 5.74) is 0.979. The van der Waals surface area contributed by atoms with Crippen LogP contribution in [0.5, 0.6) is 5.75 Å². The van der Waals surface area contributed by atoms with E-state index in [4.69, 9.17) is 9.29 Å². The van der Waals surface area contributed by atoms with Crippen molar-refractivity contribution in [3.63, 3.8) is 0 Å². The Morgan fingerprint density at radius 3 is 2.57 bits per heavy atom. The van der Waals surface area contributed by atoms with Crippen molar-refractivity contribution in [2.45, 2.75) is 6.54 Å². The molecule has 3 N–H and O–H groups in total. The van der Waals surface area contributed by atoms with Crippen LogP contribution in [0.1, 0.15) is 5.56 Å². The molecule has 9 heteroatoms. The second kappa shape index (κ2) is 6.37. The average molecular weight is 310 g/mol. The molecule has 21 heavy (non-hydrogen) atoms. The highest BCUT2D eigenvalue weighted by Crippen LogP contribution is 2.13. The summed E-state index contributed by atoms with van der Waals surface area (Å²) in [4.78, 5) is 7.86. The maximum Gasteiger partial charge on any atom is 0.358 e. The first-order chi connectivity index (χ1) is 9.96. The van der Waals surface area contributed by atoms with Crippen LogP contribution in [0.2, 0.25) is 0 Å². The third-order valence-electron chi connectivity index (χ3n) is 2.50. The standard InChI is InChI=1S/C12H14N4O4S/c1-20-10-4-2-9(3-5-10)8-14-12-13-7-6-11(15-12)16-21(17,18)19/h2-7H,8H2,1H3,(H,17,18,19)(H2,13,14,15,16). The monoisotopic (exact) mass is 310 g/mol. The lowest BCUT2D eigenvalue weighted by molar-refractivity contribution is 0.414. The number of rotatable bonds is 6. The summed E-state index contributed by atoms with van der Waals surface area (Å²) < 4.78 is 37.0. The highest BCUT2D eigenvalue weighted by Gasteiger charge is 2.06. The molecule has 2 aromatic rings. The van der Waals surface area contributed by atoms with Crippen LogP contribution in [0, 0.1) is 0 Å². The highest BCUT2D eigenvalue weighted by molar-refractivity contribution is 7.87. The fourth-order valence-electron chi connectivity index (χ4n) is 1.56. The quantitative estimate of drug-likeness (QED) is 0.689. The van der Waals surface area contributed by atoms with E-state index in [2.05, 4.69) is 15.3 Å². The van der Waals surface area contributed by atoms with E-state index >= 15 is 0 Å². The third kappa shape index (κ3) is 4.89. The molecule has 0 amide bonds. The minimum atomic E-state index is -4.35. The lowest BCUT2D eigenvalue weighted by Crippen LogP contribution is -2.13. The second-order valence-electron chi connectivity index (χ2n) is 4.04. The van der Waals surface area contributed by atoms with Gasteiger partial charge in [-0.2, -0.15) is 13.4 Å². The highest BCUT2D eigenvalue weighted by atomic mass is 32.2. The predicted molar refractivity (Wildman–Crippen MR) is 77.5 cm³/mol. The molecule has 0 fully saturated rings. The van der Waals surface area contributed by atoms with Gasteiger partial charge in [-0.15, -0.1) is 0 Å². The molecule has 112 valence electrons. The molecule has 0 aliphatic heterocycles. The third-order valence-corrected chi connectivity index (χ3v) is 2.97. The summed E-state index contributed by atoms with van der Waals surface area (Å²) in [6.07, 6.45) is 1.37. The van der Waals surface area contributed by atoms with E-state index in [0.717, 1.165) is 11.3 Å². The Bertz CT molecular complexity index is 703. The minimum absolute atomic E-state index is 0.0234. The van der Waals surface area contributed by atoms with Crippen molar-refractivity contribution >= 4 is 22.1 Å². The smallest absolute Gasteiger partial charge is 0.358 e. The normalized spacial score (nSPS) is 11.0. The number of hydrogen-bond donors (Lipinski definition) is 3. The number of hydrogen-bond acceptors (Lipinski definition) is 6. The zero-order valence-corrected chi connectivity index (χ0v) is 12.0. The molecular weight excluding hydrogens is 296 g/mol. The van der Waals surface area contributed by atoms with E-state index in [1.165, 1.54) is 12.3 Å². The molecular formula is C12H14N4O4S. The molecule has 0 unspecified atom stereocenters. The van der Waals surface area contributed by atoms with Crippen molar-refractivity contribution in [2.75, 3.05) is 17.1 Å². The molecule has 1 aromatic heterocycles. The van der Waals surface area contributed by atoms with Gasteiger partial charge in [0.05, 0.1) is 7.11 Å². The van der Waals surface area contributed by atoms with Crippen LogP contribution in [0.4, 0.5) is 11.8 Å². The van der Waals surface area contributed by atoms with E-state index in [-0.39, 0.29) is 11.8 Å². The van der Waals surface area contributed by atoms with E-state index in [9.17, 15) is 8.42 Å². The zero-order chi connectivity index (χ0) is 15.3. The first-order valence-corrected chi connectivity index (χ1v) is 7.35. The van der Waals surface area contributed by atoms with Crippen LogP contribution in [0.25, 0.3) is 0 Å². The van der Waals surface area contributed by atoms with Crippen LogP contribution in [-0.2, 0) is 16.8 Å². The Balaban J connectivity index is 2.01. The maximum atomic E-state index is 10.7. The SMILES string of the molecule is COc1ccc(CNc2nccc(NS(=O)(=O)O)n2)cc1. The molecule has 2 rings (SSSR count). The summed E-state index contributed by atoms with van der Waals surface area (Å²) in [5.74, 6) is 0.971. The Kier molecular flexibility index (Phi) is 4.55. The fraction of sp³-hybridized carbons (Fsp3) is 0.167. The topological polar surface area (TPSA) is 113 Å². The molecule has 0 atom stereocenters. The first kappa shape index (κ1) is 15.0. The van der Waals surface area contributed by atoms with Crippen molar-refractivity contribution in [2.24, 2.45) is 0 Å². The number of aromatic nitrogens is 2. The molecule has 0 spiro atoms. The van der Waals surface area contributed by atoms with E-state index in [1.807, 2.05) is 29.0 Å². The van der Waals surface area contributed by atoms with Crippen molar-refractivity contribution < 1.29 is 17.7 Å². The van der Waals surface area contributed by atoms with E-state index in [0.29, 0.717) is 6.54 Å². The second-order valence-corrected chi connectivity index (χ2v) is 5.20.